The number of piperidine rings is 1. The van der Waals surface area contributed by atoms with Crippen LogP contribution >= 0.6 is 0 Å². The normalized spacial score (nSPS) is 16.9. The lowest BCUT2D eigenvalue weighted by Gasteiger charge is -2.33. The van der Waals surface area contributed by atoms with Crippen LogP contribution in [0, 0.1) is 0 Å². The third kappa shape index (κ3) is 7.70. The fraction of sp³-hybridized carbons (Fsp3) is 0.667. The van der Waals surface area contributed by atoms with E-state index in [2.05, 4.69) is 30.2 Å². The monoisotopic (exact) mass is 412 g/mol. The highest BCUT2D eigenvalue weighted by Gasteiger charge is 2.19. The molecule has 0 spiro atoms. The molecule has 28 heavy (non-hydrogen) atoms. The molecule has 1 fully saturated rings. The molecule has 0 unspecified atom stereocenters. The van der Waals surface area contributed by atoms with E-state index < -0.39 is 10.0 Å². The molecule has 1 aliphatic rings. The fourth-order valence-corrected chi connectivity index (χ4v) is 4.07. The molecule has 0 radical (unpaired) electrons. The van der Waals surface area contributed by atoms with Crippen molar-refractivity contribution in [3.05, 3.63) is 24.5 Å². The van der Waals surface area contributed by atoms with Gasteiger partial charge in [-0.2, -0.15) is 0 Å². The molecule has 0 amide bonds. The molecule has 158 valence electrons. The molecule has 1 saturated heterocycles. The van der Waals surface area contributed by atoms with Crippen LogP contribution in [-0.2, 0) is 14.8 Å². The Morgan fingerprint density at radius 3 is 2.79 bits per heavy atom. The fourth-order valence-electron chi connectivity index (χ4n) is 3.08. The molecule has 9 nitrogen and oxygen atoms in total. The first-order chi connectivity index (χ1) is 13.5. The number of aliphatic imine (C=N–C) groups is 1. The second-order valence-corrected chi connectivity index (χ2v) is 8.46. The third-order valence-corrected chi connectivity index (χ3v) is 6.08. The molecule has 1 aromatic rings. The van der Waals surface area contributed by atoms with Crippen LogP contribution in [-0.4, -0.2) is 83.8 Å². The SMILES string of the molecule is CN=C(NCCNS(=O)(=O)c1cccnc1)NC1CCN(CCCOC)CC1. The quantitative estimate of drug-likeness (QED) is 0.283. The number of nitrogens with zero attached hydrogens (tertiary/aromatic N) is 3. The lowest BCUT2D eigenvalue weighted by Crippen LogP contribution is -2.49. The molecule has 1 aromatic heterocycles. The van der Waals surface area contributed by atoms with Crippen molar-refractivity contribution in [3.8, 4) is 0 Å². The van der Waals surface area contributed by atoms with E-state index in [1.54, 1.807) is 26.4 Å². The van der Waals surface area contributed by atoms with Crippen molar-refractivity contribution in [3.63, 3.8) is 0 Å². The summed E-state index contributed by atoms with van der Waals surface area (Å²) < 4.78 is 32.0. The lowest BCUT2D eigenvalue weighted by atomic mass is 10.1. The summed E-state index contributed by atoms with van der Waals surface area (Å²) in [5.74, 6) is 0.693. The molecule has 0 aliphatic carbocycles. The van der Waals surface area contributed by atoms with Crippen LogP contribution < -0.4 is 15.4 Å². The van der Waals surface area contributed by atoms with Crippen molar-refractivity contribution in [2.75, 3.05) is 53.5 Å². The molecule has 10 heteroatoms. The third-order valence-electron chi connectivity index (χ3n) is 4.63. The summed E-state index contributed by atoms with van der Waals surface area (Å²) in [7, 11) is -0.0833. The van der Waals surface area contributed by atoms with Gasteiger partial charge in [0.25, 0.3) is 0 Å². The van der Waals surface area contributed by atoms with Crippen LogP contribution in [0.1, 0.15) is 19.3 Å². The molecule has 3 N–H and O–H groups in total. The molecule has 1 aliphatic heterocycles. The first kappa shape index (κ1) is 22.5. The maximum Gasteiger partial charge on any atom is 0.242 e. The van der Waals surface area contributed by atoms with E-state index in [4.69, 9.17) is 4.74 Å². The Hall–Kier alpha value is -1.75. The van der Waals surface area contributed by atoms with Gasteiger partial charge in [0.15, 0.2) is 5.96 Å². The molecular formula is C18H32N6O3S. The Balaban J connectivity index is 1.66. The number of likely N-dealkylation sites (tertiary alicyclic amines) is 1. The minimum atomic E-state index is -3.54. The molecule has 0 saturated carbocycles. The van der Waals surface area contributed by atoms with E-state index in [9.17, 15) is 8.42 Å². The maximum absolute atomic E-state index is 12.2. The summed E-state index contributed by atoms with van der Waals surface area (Å²) in [6.45, 7) is 4.70. The molecule has 0 aromatic carbocycles. The van der Waals surface area contributed by atoms with Gasteiger partial charge < -0.3 is 20.3 Å². The highest BCUT2D eigenvalue weighted by molar-refractivity contribution is 7.89. The number of hydrogen-bond donors (Lipinski definition) is 3. The number of aromatic nitrogens is 1. The van der Waals surface area contributed by atoms with Crippen LogP contribution in [0.25, 0.3) is 0 Å². The van der Waals surface area contributed by atoms with Crippen LogP contribution in [0.5, 0.6) is 0 Å². The largest absolute Gasteiger partial charge is 0.385 e. The summed E-state index contributed by atoms with van der Waals surface area (Å²) in [5.41, 5.74) is 0. The molecule has 0 bridgehead atoms. The number of ether oxygens (including phenoxy) is 1. The van der Waals surface area contributed by atoms with Gasteiger partial charge in [-0.25, -0.2) is 13.1 Å². The minimum absolute atomic E-state index is 0.162. The minimum Gasteiger partial charge on any atom is -0.385 e. The van der Waals surface area contributed by atoms with E-state index in [0.29, 0.717) is 18.5 Å². The Bertz CT molecular complexity index is 691. The predicted molar refractivity (Wildman–Crippen MR) is 110 cm³/mol. The Morgan fingerprint density at radius 1 is 1.36 bits per heavy atom. The number of nitrogens with one attached hydrogen (secondary N) is 3. The molecule has 0 atom stereocenters. The van der Waals surface area contributed by atoms with Crippen molar-refractivity contribution < 1.29 is 13.2 Å². The first-order valence-corrected chi connectivity index (χ1v) is 11.1. The van der Waals surface area contributed by atoms with Crippen LogP contribution in [0.3, 0.4) is 0 Å². The average Bonchev–Trinajstić information content (AvgIpc) is 2.72. The van der Waals surface area contributed by atoms with E-state index in [1.807, 2.05) is 0 Å². The summed E-state index contributed by atoms with van der Waals surface area (Å²) in [4.78, 5) is 10.7. The van der Waals surface area contributed by atoms with Crippen LogP contribution in [0.2, 0.25) is 0 Å². The first-order valence-electron chi connectivity index (χ1n) is 9.63. The van der Waals surface area contributed by atoms with Crippen molar-refractivity contribution in [2.45, 2.75) is 30.2 Å². The average molecular weight is 413 g/mol. The van der Waals surface area contributed by atoms with Gasteiger partial charge in [0.2, 0.25) is 10.0 Å². The Labute approximate surface area is 168 Å². The van der Waals surface area contributed by atoms with Crippen molar-refractivity contribution in [2.24, 2.45) is 4.99 Å². The standard InChI is InChI=1S/C18H32N6O3S/c1-19-18(23-16-6-12-24(13-7-16)11-4-14-27-2)21-9-10-22-28(25,26)17-5-3-8-20-15-17/h3,5,8,15-16,22H,4,6-7,9-14H2,1-2H3,(H2,19,21,23). The number of hydrogen-bond acceptors (Lipinski definition) is 6. The Morgan fingerprint density at radius 2 is 2.14 bits per heavy atom. The number of pyridine rings is 1. The maximum atomic E-state index is 12.2. The van der Waals surface area contributed by atoms with Gasteiger partial charge in [-0.1, -0.05) is 0 Å². The highest BCUT2D eigenvalue weighted by atomic mass is 32.2. The van der Waals surface area contributed by atoms with E-state index in [-0.39, 0.29) is 11.4 Å². The van der Waals surface area contributed by atoms with Crippen molar-refractivity contribution in [1.82, 2.24) is 25.2 Å². The van der Waals surface area contributed by atoms with Crippen LogP contribution in [0.4, 0.5) is 0 Å². The highest BCUT2D eigenvalue weighted by Crippen LogP contribution is 2.10. The van der Waals surface area contributed by atoms with Gasteiger partial charge in [-0.15, -0.1) is 0 Å². The second-order valence-electron chi connectivity index (χ2n) is 6.69. The van der Waals surface area contributed by atoms with Crippen molar-refractivity contribution in [1.29, 1.82) is 0 Å². The number of sulfonamides is 1. The lowest BCUT2D eigenvalue weighted by molar-refractivity contribution is 0.155. The topological polar surface area (TPSA) is 108 Å². The van der Waals surface area contributed by atoms with Gasteiger partial charge in [0, 0.05) is 71.9 Å². The zero-order valence-corrected chi connectivity index (χ0v) is 17.5. The van der Waals surface area contributed by atoms with Gasteiger partial charge in [-0.05, 0) is 31.4 Å². The zero-order valence-electron chi connectivity index (χ0n) is 16.7. The number of methoxy groups -OCH3 is 1. The second kappa shape index (κ2) is 11.9. The molecular weight excluding hydrogens is 380 g/mol. The van der Waals surface area contributed by atoms with E-state index >= 15 is 0 Å². The summed E-state index contributed by atoms with van der Waals surface area (Å²) in [6.07, 6.45) is 6.05. The van der Waals surface area contributed by atoms with Gasteiger partial charge >= 0.3 is 0 Å². The van der Waals surface area contributed by atoms with Gasteiger partial charge in [-0.3, -0.25) is 9.98 Å². The summed E-state index contributed by atoms with van der Waals surface area (Å²) in [6, 6.07) is 3.49. The van der Waals surface area contributed by atoms with Crippen molar-refractivity contribution >= 4 is 16.0 Å². The molecule has 2 heterocycles. The summed E-state index contributed by atoms with van der Waals surface area (Å²) >= 11 is 0. The molecule has 2 rings (SSSR count). The van der Waals surface area contributed by atoms with E-state index in [1.165, 1.54) is 12.3 Å². The van der Waals surface area contributed by atoms with Gasteiger partial charge in [0.05, 0.1) is 0 Å². The van der Waals surface area contributed by atoms with Gasteiger partial charge in [0.1, 0.15) is 4.90 Å². The smallest absolute Gasteiger partial charge is 0.242 e. The predicted octanol–water partition coefficient (Wildman–Crippen LogP) is 0.0258. The van der Waals surface area contributed by atoms with E-state index in [0.717, 1.165) is 45.5 Å². The number of guanidine groups is 1. The number of rotatable bonds is 10. The zero-order chi connectivity index (χ0) is 20.2. The summed E-state index contributed by atoms with van der Waals surface area (Å²) in [5, 5.41) is 6.58. The Kier molecular flexibility index (Phi) is 9.62. The van der Waals surface area contributed by atoms with Crippen LogP contribution in [0.15, 0.2) is 34.4 Å².